The van der Waals surface area contributed by atoms with Gasteiger partial charge in [0.25, 0.3) is 15.9 Å². The van der Waals surface area contributed by atoms with E-state index in [1.807, 2.05) is 0 Å². The molecule has 0 aliphatic rings. The Morgan fingerprint density at radius 3 is 2.37 bits per heavy atom. The van der Waals surface area contributed by atoms with Crippen LogP contribution in [0.5, 0.6) is 0 Å². The molecule has 2 aromatic carbocycles. The van der Waals surface area contributed by atoms with Crippen molar-refractivity contribution >= 4 is 39.1 Å². The number of rotatable bonds is 4. The topological polar surface area (TPSA) is 93.9 Å². The molecule has 0 bridgehead atoms. The predicted molar refractivity (Wildman–Crippen MR) is 97.4 cm³/mol. The van der Waals surface area contributed by atoms with Gasteiger partial charge in [0, 0.05) is 5.02 Å². The summed E-state index contributed by atoms with van der Waals surface area (Å²) in [6.45, 7) is 0. The number of amides is 1. The molecule has 0 fully saturated rings. The molecule has 0 saturated carbocycles. The van der Waals surface area contributed by atoms with E-state index in [-0.39, 0.29) is 20.4 Å². The van der Waals surface area contributed by atoms with E-state index < -0.39 is 44.2 Å². The molecule has 0 aliphatic heterocycles. The molecule has 0 unspecified atom stereocenters. The maximum absolute atomic E-state index is 13.7. The summed E-state index contributed by atoms with van der Waals surface area (Å²) in [7, 11) is -4.83. The molecule has 30 heavy (non-hydrogen) atoms. The summed E-state index contributed by atoms with van der Waals surface area (Å²) < 4.78 is 80.7. The van der Waals surface area contributed by atoms with Crippen molar-refractivity contribution in [2.75, 3.05) is 0 Å². The second-order valence-electron chi connectivity index (χ2n) is 5.66. The van der Waals surface area contributed by atoms with Gasteiger partial charge < -0.3 is 0 Å². The molecule has 7 nitrogen and oxygen atoms in total. The molecular weight excluding hydrogens is 475 g/mol. The Hall–Kier alpha value is -2.70. The van der Waals surface area contributed by atoms with Gasteiger partial charge in [0.2, 0.25) is 0 Å². The van der Waals surface area contributed by atoms with Crippen LogP contribution in [0.2, 0.25) is 10.0 Å². The number of nitrogens with zero attached hydrogens (tertiary/aromatic N) is 3. The van der Waals surface area contributed by atoms with Crippen LogP contribution < -0.4 is 4.72 Å². The van der Waals surface area contributed by atoms with E-state index in [9.17, 15) is 30.8 Å². The number of halogens is 6. The van der Waals surface area contributed by atoms with Gasteiger partial charge in [-0.1, -0.05) is 40.5 Å². The number of nitrogens with one attached hydrogen (secondary N) is 1. The van der Waals surface area contributed by atoms with Crippen molar-refractivity contribution in [3.8, 4) is 5.69 Å². The SMILES string of the molecule is O=C(NS(=O)(=O)c1ccccc1F)c1nnn(-c2ccc(Cl)cc2Cl)c1C(F)(F)F. The van der Waals surface area contributed by atoms with Crippen LogP contribution in [0.3, 0.4) is 0 Å². The van der Waals surface area contributed by atoms with E-state index in [2.05, 4.69) is 10.3 Å². The van der Waals surface area contributed by atoms with Crippen molar-refractivity contribution in [1.82, 2.24) is 19.7 Å². The number of benzene rings is 2. The highest BCUT2D eigenvalue weighted by Crippen LogP contribution is 2.35. The zero-order chi connectivity index (χ0) is 22.3. The van der Waals surface area contributed by atoms with Crippen LogP contribution in [0.1, 0.15) is 16.2 Å². The minimum Gasteiger partial charge on any atom is -0.266 e. The average Bonchev–Trinajstić information content (AvgIpc) is 3.07. The highest BCUT2D eigenvalue weighted by molar-refractivity contribution is 7.90. The Labute approximate surface area is 176 Å². The summed E-state index contributed by atoms with van der Waals surface area (Å²) in [6.07, 6.45) is -5.18. The first-order chi connectivity index (χ1) is 13.9. The van der Waals surface area contributed by atoms with E-state index in [1.54, 1.807) is 0 Å². The van der Waals surface area contributed by atoms with Crippen molar-refractivity contribution < 1.29 is 30.8 Å². The lowest BCUT2D eigenvalue weighted by Gasteiger charge is -2.12. The summed E-state index contributed by atoms with van der Waals surface area (Å²) in [5.41, 5.74) is -3.35. The minimum atomic E-state index is -5.18. The van der Waals surface area contributed by atoms with Gasteiger partial charge in [-0.05, 0) is 30.3 Å². The third kappa shape index (κ3) is 4.25. The van der Waals surface area contributed by atoms with E-state index in [4.69, 9.17) is 23.2 Å². The van der Waals surface area contributed by atoms with Gasteiger partial charge in [-0.15, -0.1) is 5.10 Å². The molecule has 158 valence electrons. The first-order valence-electron chi connectivity index (χ1n) is 7.72. The highest BCUT2D eigenvalue weighted by atomic mass is 35.5. The predicted octanol–water partition coefficient (Wildman–Crippen LogP) is 3.85. The molecule has 14 heteroatoms. The summed E-state index contributed by atoms with van der Waals surface area (Å²) in [4.78, 5) is 11.4. The maximum atomic E-state index is 13.7. The molecule has 0 aliphatic carbocycles. The van der Waals surface area contributed by atoms with E-state index in [1.165, 1.54) is 22.9 Å². The molecule has 0 atom stereocenters. The van der Waals surface area contributed by atoms with Crippen LogP contribution >= 0.6 is 23.2 Å². The maximum Gasteiger partial charge on any atom is 0.435 e. The second-order valence-corrected chi connectivity index (χ2v) is 8.15. The summed E-state index contributed by atoms with van der Waals surface area (Å²) >= 11 is 11.6. The van der Waals surface area contributed by atoms with Crippen molar-refractivity contribution in [3.05, 3.63) is 69.7 Å². The van der Waals surface area contributed by atoms with Crippen LogP contribution in [0.15, 0.2) is 47.4 Å². The third-order valence-electron chi connectivity index (χ3n) is 3.65. The fraction of sp³-hybridized carbons (Fsp3) is 0.0625. The number of hydrogen-bond acceptors (Lipinski definition) is 5. The Morgan fingerprint density at radius 1 is 1.10 bits per heavy atom. The average molecular weight is 483 g/mol. The van der Waals surface area contributed by atoms with E-state index in [0.717, 1.165) is 24.3 Å². The van der Waals surface area contributed by atoms with Crippen molar-refractivity contribution in [1.29, 1.82) is 0 Å². The number of carbonyl (C=O) groups excluding carboxylic acids is 1. The van der Waals surface area contributed by atoms with Gasteiger partial charge in [-0.25, -0.2) is 22.2 Å². The van der Waals surface area contributed by atoms with Gasteiger partial charge >= 0.3 is 6.18 Å². The molecular formula is C16H8Cl2F4N4O3S. The zero-order valence-electron chi connectivity index (χ0n) is 14.3. The molecule has 0 saturated heterocycles. The van der Waals surface area contributed by atoms with Crippen molar-refractivity contribution in [3.63, 3.8) is 0 Å². The molecule has 1 aromatic heterocycles. The van der Waals surface area contributed by atoms with Crippen LogP contribution in [-0.2, 0) is 16.2 Å². The van der Waals surface area contributed by atoms with Crippen LogP contribution in [0.4, 0.5) is 17.6 Å². The highest BCUT2D eigenvalue weighted by Gasteiger charge is 2.43. The van der Waals surface area contributed by atoms with Gasteiger partial charge in [0.1, 0.15) is 10.7 Å². The monoisotopic (exact) mass is 482 g/mol. The van der Waals surface area contributed by atoms with Gasteiger partial charge in [-0.3, -0.25) is 4.79 Å². The van der Waals surface area contributed by atoms with Crippen molar-refractivity contribution in [2.24, 2.45) is 0 Å². The van der Waals surface area contributed by atoms with E-state index >= 15 is 0 Å². The zero-order valence-corrected chi connectivity index (χ0v) is 16.6. The van der Waals surface area contributed by atoms with Crippen LogP contribution in [-0.4, -0.2) is 29.3 Å². The molecule has 1 N–H and O–H groups in total. The Morgan fingerprint density at radius 2 is 1.77 bits per heavy atom. The Kier molecular flexibility index (Phi) is 5.76. The molecule has 1 heterocycles. The lowest BCUT2D eigenvalue weighted by Crippen LogP contribution is -2.33. The Balaban J connectivity index is 2.07. The number of aromatic nitrogens is 3. The minimum absolute atomic E-state index is 0.131. The molecule has 0 radical (unpaired) electrons. The molecule has 1 amide bonds. The molecule has 3 aromatic rings. The Bertz CT molecular complexity index is 1250. The molecule has 0 spiro atoms. The smallest absolute Gasteiger partial charge is 0.266 e. The van der Waals surface area contributed by atoms with Crippen LogP contribution in [0.25, 0.3) is 5.69 Å². The largest absolute Gasteiger partial charge is 0.435 e. The van der Waals surface area contributed by atoms with Gasteiger partial charge in [0.05, 0.1) is 10.7 Å². The lowest BCUT2D eigenvalue weighted by atomic mass is 10.2. The van der Waals surface area contributed by atoms with Crippen LogP contribution in [0, 0.1) is 5.82 Å². The third-order valence-corrected chi connectivity index (χ3v) is 5.55. The first-order valence-corrected chi connectivity index (χ1v) is 9.95. The summed E-state index contributed by atoms with van der Waals surface area (Å²) in [5, 5.41) is 6.33. The number of hydrogen-bond donors (Lipinski definition) is 1. The number of alkyl halides is 3. The van der Waals surface area contributed by atoms with Crippen molar-refractivity contribution in [2.45, 2.75) is 11.1 Å². The first kappa shape index (κ1) is 22.0. The number of sulfonamides is 1. The fourth-order valence-corrected chi connectivity index (χ4v) is 3.92. The quantitative estimate of drug-likeness (QED) is 0.570. The fourth-order valence-electron chi connectivity index (χ4n) is 2.40. The van der Waals surface area contributed by atoms with Gasteiger partial charge in [-0.2, -0.15) is 13.2 Å². The normalized spacial score (nSPS) is 12.1. The number of carbonyl (C=O) groups is 1. The lowest BCUT2D eigenvalue weighted by molar-refractivity contribution is -0.143. The molecule has 3 rings (SSSR count). The van der Waals surface area contributed by atoms with Gasteiger partial charge in [0.15, 0.2) is 11.4 Å². The standard InChI is InChI=1S/C16H8Cl2F4N4O3S/c17-8-5-6-11(9(18)7-8)26-14(16(20,21)22)13(23-25-26)15(27)24-30(28,29)12-4-2-1-3-10(12)19/h1-7H,(H,24,27). The summed E-state index contributed by atoms with van der Waals surface area (Å²) in [6, 6.07) is 7.47. The van der Waals surface area contributed by atoms with E-state index in [0.29, 0.717) is 0 Å². The second kappa shape index (κ2) is 7.85. The summed E-state index contributed by atoms with van der Waals surface area (Å²) in [5.74, 6) is -2.97.